The lowest BCUT2D eigenvalue weighted by Gasteiger charge is -2.06. The van der Waals surface area contributed by atoms with Crippen molar-refractivity contribution >= 4 is 35.2 Å². The number of aryl methyl sites for hydroxylation is 1. The second-order valence-electron chi connectivity index (χ2n) is 5.58. The molecule has 0 atom stereocenters. The van der Waals surface area contributed by atoms with E-state index in [4.69, 9.17) is 0 Å². The van der Waals surface area contributed by atoms with Gasteiger partial charge >= 0.3 is 0 Å². The first kappa shape index (κ1) is 16.3. The number of hydrogen-bond acceptors (Lipinski definition) is 4. The van der Waals surface area contributed by atoms with Gasteiger partial charge in [-0.1, -0.05) is 17.7 Å². The van der Waals surface area contributed by atoms with E-state index in [-0.39, 0.29) is 23.5 Å². The maximum absolute atomic E-state index is 12.1. The molecule has 0 fully saturated rings. The summed E-state index contributed by atoms with van der Waals surface area (Å²) in [5.41, 5.74) is 2.35. The molecule has 0 saturated carbocycles. The van der Waals surface area contributed by atoms with Crippen LogP contribution in [0.4, 0.5) is 5.69 Å². The van der Waals surface area contributed by atoms with Gasteiger partial charge in [0.05, 0.1) is 16.9 Å². The summed E-state index contributed by atoms with van der Waals surface area (Å²) < 4.78 is 0. The maximum Gasteiger partial charge on any atom is 0.261 e. The van der Waals surface area contributed by atoms with Crippen LogP contribution >= 0.6 is 11.8 Å². The molecule has 0 spiro atoms. The lowest BCUT2D eigenvalue weighted by atomic mass is 10.1. The van der Waals surface area contributed by atoms with Gasteiger partial charge in [0.2, 0.25) is 5.91 Å². The number of imide groups is 1. The number of carbonyl (C=O) groups is 3. The van der Waals surface area contributed by atoms with Crippen LogP contribution in [0.25, 0.3) is 0 Å². The van der Waals surface area contributed by atoms with Gasteiger partial charge in [-0.05, 0) is 37.3 Å². The molecule has 0 bridgehead atoms. The fourth-order valence-electron chi connectivity index (χ4n) is 2.49. The Morgan fingerprint density at radius 1 is 1.08 bits per heavy atom. The molecule has 6 heteroatoms. The minimum absolute atomic E-state index is 0.161. The van der Waals surface area contributed by atoms with Crippen molar-refractivity contribution in [1.29, 1.82) is 0 Å². The zero-order chi connectivity index (χ0) is 17.3. The summed E-state index contributed by atoms with van der Waals surface area (Å²) in [6.07, 6.45) is 0. The first-order chi connectivity index (χ1) is 11.5. The van der Waals surface area contributed by atoms with Gasteiger partial charge in [0.25, 0.3) is 11.8 Å². The van der Waals surface area contributed by atoms with Gasteiger partial charge in [0, 0.05) is 17.6 Å². The topological polar surface area (TPSA) is 66.5 Å². The number of carbonyl (C=O) groups excluding carboxylic acids is 3. The number of fused-ring (bicyclic) bond motifs is 1. The van der Waals surface area contributed by atoms with Gasteiger partial charge in [0.15, 0.2) is 0 Å². The predicted octanol–water partition coefficient (Wildman–Crippen LogP) is 2.95. The minimum atomic E-state index is -0.347. The summed E-state index contributed by atoms with van der Waals surface area (Å²) in [4.78, 5) is 38.0. The fraction of sp³-hybridized carbons (Fsp3) is 0.167. The third-order valence-electron chi connectivity index (χ3n) is 3.73. The Morgan fingerprint density at radius 2 is 1.83 bits per heavy atom. The summed E-state index contributed by atoms with van der Waals surface area (Å²) in [7, 11) is 1.45. The first-order valence-electron chi connectivity index (χ1n) is 7.41. The minimum Gasteiger partial charge on any atom is -0.325 e. The van der Waals surface area contributed by atoms with E-state index in [2.05, 4.69) is 5.32 Å². The Hall–Kier alpha value is -2.60. The van der Waals surface area contributed by atoms with Crippen LogP contribution in [0.2, 0.25) is 0 Å². The molecule has 1 aliphatic heterocycles. The molecule has 1 aliphatic rings. The Kier molecular flexibility index (Phi) is 4.40. The molecule has 1 heterocycles. The highest BCUT2D eigenvalue weighted by atomic mass is 32.2. The monoisotopic (exact) mass is 340 g/mol. The van der Waals surface area contributed by atoms with Crippen molar-refractivity contribution in [3.63, 3.8) is 0 Å². The van der Waals surface area contributed by atoms with E-state index in [1.165, 1.54) is 18.8 Å². The molecule has 3 amide bonds. The molecule has 1 N–H and O–H groups in total. The van der Waals surface area contributed by atoms with Crippen molar-refractivity contribution in [3.8, 4) is 0 Å². The second kappa shape index (κ2) is 6.49. The lowest BCUT2D eigenvalue weighted by Crippen LogP contribution is -2.24. The molecule has 2 aromatic rings. The summed E-state index contributed by atoms with van der Waals surface area (Å²) in [6, 6.07) is 12.7. The van der Waals surface area contributed by atoms with E-state index >= 15 is 0 Å². The SMILES string of the molecule is Cc1cccc(SCC(=O)Nc2ccc3c(c2)C(=O)N(C)C3=O)c1. The summed E-state index contributed by atoms with van der Waals surface area (Å²) in [6.45, 7) is 2.00. The standard InChI is InChI=1S/C18H16N2O3S/c1-11-4-3-5-13(8-11)24-10-16(21)19-12-6-7-14-15(9-12)18(23)20(2)17(14)22/h3-9H,10H2,1-2H3,(H,19,21). The molecule has 2 aromatic carbocycles. The largest absolute Gasteiger partial charge is 0.325 e. The van der Waals surface area contributed by atoms with Gasteiger partial charge in [-0.2, -0.15) is 0 Å². The highest BCUT2D eigenvalue weighted by Gasteiger charge is 2.32. The van der Waals surface area contributed by atoms with Crippen LogP contribution in [-0.4, -0.2) is 35.4 Å². The Bertz CT molecular complexity index is 848. The molecule has 3 rings (SSSR count). The normalized spacial score (nSPS) is 13.2. The molecule has 0 radical (unpaired) electrons. The van der Waals surface area contributed by atoms with Gasteiger partial charge in [-0.25, -0.2) is 0 Å². The van der Waals surface area contributed by atoms with Crippen molar-refractivity contribution in [2.75, 3.05) is 18.1 Å². The van der Waals surface area contributed by atoms with Gasteiger partial charge in [-0.15, -0.1) is 11.8 Å². The zero-order valence-electron chi connectivity index (χ0n) is 13.3. The van der Waals surface area contributed by atoms with Gasteiger partial charge < -0.3 is 5.32 Å². The summed E-state index contributed by atoms with van der Waals surface area (Å²) in [5, 5.41) is 2.76. The predicted molar refractivity (Wildman–Crippen MR) is 93.4 cm³/mol. The first-order valence-corrected chi connectivity index (χ1v) is 8.40. The quantitative estimate of drug-likeness (QED) is 0.686. The van der Waals surface area contributed by atoms with Crippen LogP contribution in [0, 0.1) is 6.92 Å². The average Bonchev–Trinajstić information content (AvgIpc) is 2.77. The highest BCUT2D eigenvalue weighted by Crippen LogP contribution is 2.25. The van der Waals surface area contributed by atoms with Crippen LogP contribution in [0.3, 0.4) is 0 Å². The molecular weight excluding hydrogens is 324 g/mol. The molecule has 0 unspecified atom stereocenters. The summed E-state index contributed by atoms with van der Waals surface area (Å²) >= 11 is 1.45. The molecule has 122 valence electrons. The lowest BCUT2D eigenvalue weighted by molar-refractivity contribution is -0.113. The third-order valence-corrected chi connectivity index (χ3v) is 4.73. The molecule has 24 heavy (non-hydrogen) atoms. The molecule has 0 saturated heterocycles. The number of rotatable bonds is 4. The summed E-state index contributed by atoms with van der Waals surface area (Å²) in [5.74, 6) is -0.553. The van der Waals surface area contributed by atoms with Crippen LogP contribution in [-0.2, 0) is 4.79 Å². The number of nitrogens with zero attached hydrogens (tertiary/aromatic N) is 1. The maximum atomic E-state index is 12.1. The number of nitrogens with one attached hydrogen (secondary N) is 1. The smallest absolute Gasteiger partial charge is 0.261 e. The molecule has 0 aliphatic carbocycles. The number of hydrogen-bond donors (Lipinski definition) is 1. The zero-order valence-corrected chi connectivity index (χ0v) is 14.1. The molecular formula is C18H16N2O3S. The van der Waals surface area contributed by atoms with E-state index in [9.17, 15) is 14.4 Å². The number of amides is 3. The van der Waals surface area contributed by atoms with Gasteiger partial charge in [-0.3, -0.25) is 19.3 Å². The van der Waals surface area contributed by atoms with Crippen LogP contribution < -0.4 is 5.32 Å². The average molecular weight is 340 g/mol. The van der Waals surface area contributed by atoms with E-state index in [0.29, 0.717) is 16.8 Å². The van der Waals surface area contributed by atoms with E-state index in [1.54, 1.807) is 18.2 Å². The van der Waals surface area contributed by atoms with Crippen molar-refractivity contribution in [3.05, 3.63) is 59.2 Å². The third kappa shape index (κ3) is 3.19. The Morgan fingerprint density at radius 3 is 2.58 bits per heavy atom. The number of thioether (sulfide) groups is 1. The van der Waals surface area contributed by atoms with Crippen molar-refractivity contribution in [2.24, 2.45) is 0 Å². The van der Waals surface area contributed by atoms with E-state index < -0.39 is 0 Å². The second-order valence-corrected chi connectivity index (χ2v) is 6.63. The van der Waals surface area contributed by atoms with Crippen LogP contribution in [0.5, 0.6) is 0 Å². The number of benzene rings is 2. The van der Waals surface area contributed by atoms with Gasteiger partial charge in [0.1, 0.15) is 0 Å². The number of anilines is 1. The van der Waals surface area contributed by atoms with Crippen molar-refractivity contribution < 1.29 is 14.4 Å². The molecule has 5 nitrogen and oxygen atoms in total. The Balaban J connectivity index is 1.65. The van der Waals surface area contributed by atoms with Crippen LogP contribution in [0.1, 0.15) is 26.3 Å². The van der Waals surface area contributed by atoms with Crippen LogP contribution in [0.15, 0.2) is 47.4 Å². The van der Waals surface area contributed by atoms with E-state index in [1.807, 2.05) is 31.2 Å². The molecule has 0 aromatic heterocycles. The van der Waals surface area contributed by atoms with Crippen molar-refractivity contribution in [1.82, 2.24) is 4.90 Å². The fourth-order valence-corrected chi connectivity index (χ4v) is 3.30. The van der Waals surface area contributed by atoms with E-state index in [0.717, 1.165) is 15.4 Å². The van der Waals surface area contributed by atoms with Crippen molar-refractivity contribution in [2.45, 2.75) is 11.8 Å². The Labute approximate surface area is 144 Å². The highest BCUT2D eigenvalue weighted by molar-refractivity contribution is 8.00.